The zero-order valence-corrected chi connectivity index (χ0v) is 11.6. The Kier molecular flexibility index (Phi) is 4.59. The van der Waals surface area contributed by atoms with Crippen LogP contribution >= 0.6 is 0 Å². The summed E-state index contributed by atoms with van der Waals surface area (Å²) in [5.41, 5.74) is 2.65. The molecule has 1 aromatic carbocycles. The molecule has 1 saturated carbocycles. The van der Waals surface area contributed by atoms with Gasteiger partial charge in [0.2, 0.25) is 5.91 Å². The third-order valence-electron chi connectivity index (χ3n) is 3.98. The van der Waals surface area contributed by atoms with Crippen LogP contribution in [0.1, 0.15) is 36.8 Å². The summed E-state index contributed by atoms with van der Waals surface area (Å²) in [6.07, 6.45) is 4.40. The first-order valence-electron chi connectivity index (χ1n) is 7.07. The van der Waals surface area contributed by atoms with E-state index in [1.165, 1.54) is 11.1 Å². The Morgan fingerprint density at radius 3 is 2.84 bits per heavy atom. The quantitative estimate of drug-likeness (QED) is 0.790. The number of nitrogens with one attached hydrogen (secondary N) is 1. The molecule has 1 aliphatic carbocycles. The average Bonchev–Trinajstić information content (AvgIpc) is 3.15. The standard InChI is InChI=1S/C16H23NO2/c1-13-3-2-4-14(11-13)5-6-15(19)17-12-16(7-8-16)9-10-18/h2-4,11,18H,5-10,12H2,1H3,(H,17,19). The second kappa shape index (κ2) is 6.20. The van der Waals surface area contributed by atoms with Gasteiger partial charge in [0, 0.05) is 19.6 Å². The predicted molar refractivity (Wildman–Crippen MR) is 75.9 cm³/mol. The molecular formula is C16H23NO2. The summed E-state index contributed by atoms with van der Waals surface area (Å²) in [6.45, 7) is 3.01. The lowest BCUT2D eigenvalue weighted by Crippen LogP contribution is -2.30. The minimum atomic E-state index is 0.116. The summed E-state index contributed by atoms with van der Waals surface area (Å²) in [4.78, 5) is 11.8. The van der Waals surface area contributed by atoms with Crippen molar-refractivity contribution < 1.29 is 9.90 Å². The second-order valence-electron chi connectivity index (χ2n) is 5.74. The molecule has 0 aliphatic heterocycles. The number of hydrogen-bond donors (Lipinski definition) is 2. The predicted octanol–water partition coefficient (Wildman–Crippen LogP) is 2.21. The van der Waals surface area contributed by atoms with Gasteiger partial charge in [0.05, 0.1) is 0 Å². The van der Waals surface area contributed by atoms with Gasteiger partial charge in [-0.15, -0.1) is 0 Å². The van der Waals surface area contributed by atoms with Crippen LogP contribution in [0.2, 0.25) is 0 Å². The minimum absolute atomic E-state index is 0.116. The lowest BCUT2D eigenvalue weighted by molar-refractivity contribution is -0.121. The molecule has 0 radical (unpaired) electrons. The maximum atomic E-state index is 11.8. The fourth-order valence-corrected chi connectivity index (χ4v) is 2.43. The zero-order chi connectivity index (χ0) is 13.7. The maximum absolute atomic E-state index is 11.8. The molecule has 19 heavy (non-hydrogen) atoms. The molecule has 0 unspecified atom stereocenters. The van der Waals surface area contributed by atoms with Crippen molar-refractivity contribution in [3.8, 4) is 0 Å². The first-order chi connectivity index (χ1) is 9.13. The van der Waals surface area contributed by atoms with Crippen molar-refractivity contribution in [3.05, 3.63) is 35.4 Å². The third-order valence-corrected chi connectivity index (χ3v) is 3.98. The first-order valence-corrected chi connectivity index (χ1v) is 7.07. The van der Waals surface area contributed by atoms with Crippen molar-refractivity contribution in [1.82, 2.24) is 5.32 Å². The van der Waals surface area contributed by atoms with E-state index in [9.17, 15) is 4.79 Å². The van der Waals surface area contributed by atoms with Crippen molar-refractivity contribution >= 4 is 5.91 Å². The molecule has 0 aromatic heterocycles. The lowest BCUT2D eigenvalue weighted by atomic mass is 10.0. The van der Waals surface area contributed by atoms with Crippen LogP contribution in [0.3, 0.4) is 0 Å². The van der Waals surface area contributed by atoms with Crippen molar-refractivity contribution in [2.75, 3.05) is 13.2 Å². The van der Waals surface area contributed by atoms with E-state index in [1.807, 2.05) is 6.07 Å². The first kappa shape index (κ1) is 14.1. The van der Waals surface area contributed by atoms with Crippen LogP contribution in [0, 0.1) is 12.3 Å². The van der Waals surface area contributed by atoms with Gasteiger partial charge < -0.3 is 10.4 Å². The van der Waals surface area contributed by atoms with Crippen LogP contribution in [0.5, 0.6) is 0 Å². The molecule has 1 amide bonds. The van der Waals surface area contributed by atoms with Gasteiger partial charge in [-0.1, -0.05) is 29.8 Å². The fourth-order valence-electron chi connectivity index (χ4n) is 2.43. The van der Waals surface area contributed by atoms with Crippen LogP contribution in [0.15, 0.2) is 24.3 Å². The number of benzene rings is 1. The Labute approximate surface area is 115 Å². The highest BCUT2D eigenvalue weighted by Gasteiger charge is 2.41. The lowest BCUT2D eigenvalue weighted by Gasteiger charge is -2.14. The van der Waals surface area contributed by atoms with E-state index in [4.69, 9.17) is 5.11 Å². The molecule has 1 fully saturated rings. The summed E-state index contributed by atoms with van der Waals surface area (Å²) in [5.74, 6) is 0.116. The number of carbonyl (C=O) groups is 1. The Morgan fingerprint density at radius 2 is 2.21 bits per heavy atom. The highest BCUT2D eigenvalue weighted by molar-refractivity contribution is 5.76. The molecule has 3 heteroatoms. The van der Waals surface area contributed by atoms with Gasteiger partial charge in [-0.3, -0.25) is 4.79 Å². The molecular weight excluding hydrogens is 238 g/mol. The molecule has 1 aliphatic rings. The van der Waals surface area contributed by atoms with Crippen molar-refractivity contribution in [3.63, 3.8) is 0 Å². The Morgan fingerprint density at radius 1 is 1.42 bits per heavy atom. The van der Waals surface area contributed by atoms with Gasteiger partial charge in [0.25, 0.3) is 0 Å². The van der Waals surface area contributed by atoms with Gasteiger partial charge in [0.1, 0.15) is 0 Å². The Balaban J connectivity index is 1.70. The molecule has 1 aromatic rings. The number of rotatable bonds is 7. The minimum Gasteiger partial charge on any atom is -0.396 e. The summed E-state index contributed by atoms with van der Waals surface area (Å²) in [5, 5.41) is 12.0. The fraction of sp³-hybridized carbons (Fsp3) is 0.562. The molecule has 2 N–H and O–H groups in total. The van der Waals surface area contributed by atoms with Crippen LogP contribution in [0.25, 0.3) is 0 Å². The Hall–Kier alpha value is -1.35. The van der Waals surface area contributed by atoms with Crippen LogP contribution < -0.4 is 5.32 Å². The van der Waals surface area contributed by atoms with E-state index in [1.54, 1.807) is 0 Å². The van der Waals surface area contributed by atoms with Gasteiger partial charge >= 0.3 is 0 Å². The molecule has 0 saturated heterocycles. The molecule has 3 nitrogen and oxygen atoms in total. The number of aliphatic hydroxyl groups excluding tert-OH is 1. The topological polar surface area (TPSA) is 49.3 Å². The van der Waals surface area contributed by atoms with Crippen molar-refractivity contribution in [2.24, 2.45) is 5.41 Å². The summed E-state index contributed by atoms with van der Waals surface area (Å²) in [6, 6.07) is 8.29. The smallest absolute Gasteiger partial charge is 0.220 e. The highest BCUT2D eigenvalue weighted by Crippen LogP contribution is 2.47. The third kappa shape index (κ3) is 4.35. The van der Waals surface area contributed by atoms with Gasteiger partial charge in [-0.05, 0) is 43.6 Å². The van der Waals surface area contributed by atoms with E-state index >= 15 is 0 Å². The van der Waals surface area contributed by atoms with Crippen LogP contribution in [0.4, 0.5) is 0 Å². The zero-order valence-electron chi connectivity index (χ0n) is 11.6. The summed E-state index contributed by atoms with van der Waals surface area (Å²) in [7, 11) is 0. The molecule has 0 bridgehead atoms. The number of aryl methyl sites for hydroxylation is 2. The van der Waals surface area contributed by atoms with E-state index in [0.29, 0.717) is 6.42 Å². The molecule has 2 rings (SSSR count). The van der Waals surface area contributed by atoms with Crippen LogP contribution in [-0.4, -0.2) is 24.2 Å². The molecule has 0 heterocycles. The van der Waals surface area contributed by atoms with Gasteiger partial charge in [-0.2, -0.15) is 0 Å². The Bertz CT molecular complexity index is 438. The van der Waals surface area contributed by atoms with Crippen molar-refractivity contribution in [2.45, 2.75) is 39.0 Å². The maximum Gasteiger partial charge on any atom is 0.220 e. The molecule has 0 atom stereocenters. The van der Waals surface area contributed by atoms with E-state index in [0.717, 1.165) is 32.2 Å². The normalized spacial score (nSPS) is 16.1. The summed E-state index contributed by atoms with van der Waals surface area (Å²) < 4.78 is 0. The summed E-state index contributed by atoms with van der Waals surface area (Å²) >= 11 is 0. The SMILES string of the molecule is Cc1cccc(CCC(=O)NCC2(CCO)CC2)c1. The monoisotopic (exact) mass is 261 g/mol. The van der Waals surface area contributed by atoms with Gasteiger partial charge in [0.15, 0.2) is 0 Å². The average molecular weight is 261 g/mol. The van der Waals surface area contributed by atoms with E-state index in [-0.39, 0.29) is 17.9 Å². The van der Waals surface area contributed by atoms with Crippen molar-refractivity contribution in [1.29, 1.82) is 0 Å². The number of aliphatic hydroxyl groups is 1. The number of amides is 1. The van der Waals surface area contributed by atoms with Crippen LogP contribution in [-0.2, 0) is 11.2 Å². The van der Waals surface area contributed by atoms with Gasteiger partial charge in [-0.25, -0.2) is 0 Å². The largest absolute Gasteiger partial charge is 0.396 e. The van der Waals surface area contributed by atoms with E-state index in [2.05, 4.69) is 30.4 Å². The van der Waals surface area contributed by atoms with E-state index < -0.39 is 0 Å². The second-order valence-corrected chi connectivity index (χ2v) is 5.74. The molecule has 0 spiro atoms. The number of carbonyl (C=O) groups excluding carboxylic acids is 1. The highest BCUT2D eigenvalue weighted by atomic mass is 16.3. The molecule has 104 valence electrons. The number of hydrogen-bond acceptors (Lipinski definition) is 2.